The highest BCUT2D eigenvalue weighted by atomic mass is 16.8. The number of esters is 1. The summed E-state index contributed by atoms with van der Waals surface area (Å²) < 4.78 is 29.6. The number of aliphatic hydroxyl groups is 5. The summed E-state index contributed by atoms with van der Waals surface area (Å²) >= 11 is 0. The van der Waals surface area contributed by atoms with Gasteiger partial charge in [-0.2, -0.15) is 0 Å². The Morgan fingerprint density at radius 3 is 2.51 bits per heavy atom. The van der Waals surface area contributed by atoms with E-state index in [1.54, 1.807) is 6.92 Å². The molecule has 3 aliphatic carbocycles. The van der Waals surface area contributed by atoms with Crippen molar-refractivity contribution in [2.75, 3.05) is 13.2 Å². The number of carbonyl (C=O) groups excluding carboxylic acids is 1. The van der Waals surface area contributed by atoms with E-state index in [-0.39, 0.29) is 30.8 Å². The van der Waals surface area contributed by atoms with Crippen LogP contribution in [0.15, 0.2) is 24.3 Å². The van der Waals surface area contributed by atoms with Gasteiger partial charge in [0.1, 0.15) is 48.0 Å². The lowest BCUT2D eigenvalue weighted by molar-refractivity contribution is -0.424. The monoisotopic (exact) mass is 496 g/mol. The van der Waals surface area contributed by atoms with E-state index in [1.165, 1.54) is 24.3 Å². The van der Waals surface area contributed by atoms with Gasteiger partial charge in [0.25, 0.3) is 0 Å². The van der Waals surface area contributed by atoms with Crippen LogP contribution in [-0.2, 0) is 23.7 Å². The number of phenolic OH excluding ortho intramolecular Hbond substituents is 1. The number of aliphatic hydroxyl groups excluding tert-OH is 4. The predicted octanol–water partition coefficient (Wildman–Crippen LogP) is -1.65. The molecule has 0 spiro atoms. The molecule has 0 radical (unpaired) electrons. The summed E-state index contributed by atoms with van der Waals surface area (Å²) in [5.74, 6) is -2.68. The average Bonchev–Trinajstić information content (AvgIpc) is 3.00. The van der Waals surface area contributed by atoms with Gasteiger partial charge in [0.15, 0.2) is 18.4 Å². The fourth-order valence-corrected chi connectivity index (χ4v) is 6.90. The van der Waals surface area contributed by atoms with Crippen LogP contribution in [0.2, 0.25) is 0 Å². The summed E-state index contributed by atoms with van der Waals surface area (Å²) in [7, 11) is 0. The van der Waals surface area contributed by atoms with Crippen molar-refractivity contribution < 1.29 is 59.1 Å². The van der Waals surface area contributed by atoms with Crippen molar-refractivity contribution >= 4 is 5.97 Å². The van der Waals surface area contributed by atoms with E-state index >= 15 is 0 Å². The second kappa shape index (κ2) is 7.34. The maximum absolute atomic E-state index is 12.7. The molecule has 8 rings (SSSR count). The highest BCUT2D eigenvalue weighted by Crippen LogP contribution is 2.81. The number of ether oxygens (including phenoxy) is 5. The van der Waals surface area contributed by atoms with Crippen molar-refractivity contribution in [3.05, 3.63) is 29.8 Å². The molecule has 35 heavy (non-hydrogen) atoms. The Bertz CT molecular complexity index is 1030. The second-order valence-electron chi connectivity index (χ2n) is 10.4. The largest absolute Gasteiger partial charge is 0.508 e. The topological polar surface area (TPSA) is 185 Å². The van der Waals surface area contributed by atoms with Crippen molar-refractivity contribution in [3.63, 3.8) is 0 Å². The molecule has 0 unspecified atom stereocenters. The van der Waals surface area contributed by atoms with E-state index in [0.717, 1.165) is 0 Å². The van der Waals surface area contributed by atoms with E-state index in [1.807, 2.05) is 0 Å². The minimum absolute atomic E-state index is 0.00282. The highest BCUT2D eigenvalue weighted by Gasteiger charge is 2.94. The number of carbonyl (C=O) groups is 1. The molecule has 0 amide bonds. The van der Waals surface area contributed by atoms with Crippen LogP contribution >= 0.6 is 0 Å². The number of phenols is 1. The lowest BCUT2D eigenvalue weighted by Crippen LogP contribution is -2.80. The quantitative estimate of drug-likeness (QED) is 0.247. The van der Waals surface area contributed by atoms with Crippen LogP contribution < -0.4 is 0 Å². The zero-order chi connectivity index (χ0) is 25.0. The molecular weight excluding hydrogens is 468 g/mol. The fraction of sp³-hybridized carbons (Fsp3) is 0.696. The third kappa shape index (κ3) is 2.80. The number of benzene rings is 1. The van der Waals surface area contributed by atoms with Crippen LogP contribution in [0.4, 0.5) is 0 Å². The van der Waals surface area contributed by atoms with Crippen molar-refractivity contribution in [1.82, 2.24) is 0 Å². The standard InChI is InChI=1S/C23H28O12/c1-20-8-22(30)13-6-23(20,33-18-16(28)15(27)14(26)12(7-24)32-18)21(13,19(34-20)35-22)9-31-17(29)10-2-4-11(25)5-3-10/h2-5,12-16,18-19,24-28,30H,6-9H2,1H3/t12-,13-,14+,15+,16-,18-,19-,20+,21-,22-,23-/m1/s1. The number of rotatable bonds is 6. The molecule has 6 bridgehead atoms. The van der Waals surface area contributed by atoms with Crippen LogP contribution in [0, 0.1) is 11.3 Å². The Hall–Kier alpha value is -1.87. The molecule has 192 valence electrons. The second-order valence-corrected chi connectivity index (χ2v) is 10.4. The summed E-state index contributed by atoms with van der Waals surface area (Å²) in [6.07, 6.45) is -8.10. The Morgan fingerprint density at radius 1 is 1.11 bits per heavy atom. The molecule has 12 nitrogen and oxygen atoms in total. The summed E-state index contributed by atoms with van der Waals surface area (Å²) in [4.78, 5) is 12.7. The van der Waals surface area contributed by atoms with E-state index in [0.29, 0.717) is 0 Å². The van der Waals surface area contributed by atoms with Crippen LogP contribution in [0.25, 0.3) is 0 Å². The Labute approximate surface area is 199 Å². The Balaban J connectivity index is 1.31. The minimum atomic E-state index is -1.64. The average molecular weight is 496 g/mol. The molecule has 0 aromatic heterocycles. The van der Waals surface area contributed by atoms with Crippen LogP contribution in [-0.4, -0.2) is 104 Å². The smallest absolute Gasteiger partial charge is 0.338 e. The van der Waals surface area contributed by atoms with E-state index in [4.69, 9.17) is 23.7 Å². The summed E-state index contributed by atoms with van der Waals surface area (Å²) in [6.45, 7) is 0.878. The van der Waals surface area contributed by atoms with Gasteiger partial charge in [0, 0.05) is 12.3 Å². The number of aromatic hydroxyl groups is 1. The molecule has 1 aromatic carbocycles. The summed E-state index contributed by atoms with van der Waals surface area (Å²) in [6, 6.07) is 5.54. The lowest BCUT2D eigenvalue weighted by atomic mass is 9.41. The molecule has 4 heterocycles. The molecule has 11 atom stereocenters. The van der Waals surface area contributed by atoms with Gasteiger partial charge in [0.05, 0.1) is 17.6 Å². The van der Waals surface area contributed by atoms with Gasteiger partial charge >= 0.3 is 5.97 Å². The summed E-state index contributed by atoms with van der Waals surface area (Å²) in [5, 5.41) is 61.2. The first-order valence-corrected chi connectivity index (χ1v) is 11.5. The zero-order valence-corrected chi connectivity index (χ0v) is 18.8. The SMILES string of the molecule is C[C@@]12C[C@@]3(O)O[C@@H](O1)[C@@]1(COC(=O)c4ccc(O)cc4)[C@H]3C[C@]12O[C@H]1O[C@H](CO)[C@H](O)[C@H](O)[C@H]1O. The first-order valence-electron chi connectivity index (χ1n) is 11.5. The van der Waals surface area contributed by atoms with Crippen molar-refractivity contribution in [3.8, 4) is 5.75 Å². The minimum Gasteiger partial charge on any atom is -0.508 e. The maximum Gasteiger partial charge on any atom is 0.338 e. The van der Waals surface area contributed by atoms with E-state index in [2.05, 4.69) is 0 Å². The number of hydrogen-bond acceptors (Lipinski definition) is 12. The third-order valence-electron chi connectivity index (χ3n) is 8.66. The maximum atomic E-state index is 12.7. The van der Waals surface area contributed by atoms with Gasteiger partial charge in [-0.05, 0) is 37.6 Å². The highest BCUT2D eigenvalue weighted by molar-refractivity contribution is 5.89. The van der Waals surface area contributed by atoms with Crippen LogP contribution in [0.1, 0.15) is 30.1 Å². The molecule has 4 saturated heterocycles. The van der Waals surface area contributed by atoms with Crippen LogP contribution in [0.3, 0.4) is 0 Å². The van der Waals surface area contributed by atoms with E-state index < -0.39 is 77.9 Å². The first kappa shape index (κ1) is 23.5. The van der Waals surface area contributed by atoms with Gasteiger partial charge < -0.3 is 54.3 Å². The van der Waals surface area contributed by atoms with Crippen molar-refractivity contribution in [1.29, 1.82) is 0 Å². The Kier molecular flexibility index (Phi) is 4.93. The lowest BCUT2D eigenvalue weighted by Gasteiger charge is -2.67. The Morgan fingerprint density at radius 2 is 1.83 bits per heavy atom. The summed E-state index contributed by atoms with van der Waals surface area (Å²) in [5.41, 5.74) is -3.27. The molecule has 7 aliphatic rings. The van der Waals surface area contributed by atoms with Gasteiger partial charge in [0.2, 0.25) is 0 Å². The van der Waals surface area contributed by atoms with E-state index in [9.17, 15) is 35.4 Å². The van der Waals surface area contributed by atoms with Gasteiger partial charge in [-0.1, -0.05) is 0 Å². The van der Waals surface area contributed by atoms with Crippen molar-refractivity contribution in [2.45, 2.75) is 73.8 Å². The first-order chi connectivity index (χ1) is 16.5. The molecule has 1 aromatic rings. The van der Waals surface area contributed by atoms with Gasteiger partial charge in [-0.25, -0.2) is 4.79 Å². The normalized spacial score (nSPS) is 51.3. The molecule has 12 heteroatoms. The number of hydrogen-bond donors (Lipinski definition) is 6. The molecule has 6 N–H and O–H groups in total. The molecule has 4 aliphatic heterocycles. The molecule has 7 fully saturated rings. The van der Waals surface area contributed by atoms with Crippen molar-refractivity contribution in [2.24, 2.45) is 11.3 Å². The fourth-order valence-electron chi connectivity index (χ4n) is 6.90. The molecular formula is C23H28O12. The molecule has 3 saturated carbocycles. The van der Waals surface area contributed by atoms with Gasteiger partial charge in [-0.15, -0.1) is 0 Å². The van der Waals surface area contributed by atoms with Crippen LogP contribution in [0.5, 0.6) is 5.75 Å². The predicted molar refractivity (Wildman–Crippen MR) is 110 cm³/mol. The zero-order valence-electron chi connectivity index (χ0n) is 18.8. The van der Waals surface area contributed by atoms with Gasteiger partial charge in [-0.3, -0.25) is 0 Å². The third-order valence-corrected chi connectivity index (χ3v) is 8.66.